The average molecular weight is 409 g/mol. The standard InChI is InChI=1S/C23H27N3O4/c1-5-29-17-12-10-16(11-13-17)26-20(14-15-24-22(28)30-23(2,3)4)25-19-9-7-6-8-18(19)21(26)27/h6-13H,5,14-15H2,1-4H3,(H,24,28). The van der Waals surface area contributed by atoms with Gasteiger partial charge in [0.2, 0.25) is 0 Å². The van der Waals surface area contributed by atoms with E-state index in [4.69, 9.17) is 9.47 Å². The highest BCUT2D eigenvalue weighted by atomic mass is 16.6. The first kappa shape index (κ1) is 21.4. The monoisotopic (exact) mass is 409 g/mol. The number of aromatic nitrogens is 2. The van der Waals surface area contributed by atoms with Crippen molar-refractivity contribution < 1.29 is 14.3 Å². The molecule has 0 spiro atoms. The normalized spacial score (nSPS) is 11.3. The fourth-order valence-corrected chi connectivity index (χ4v) is 3.06. The summed E-state index contributed by atoms with van der Waals surface area (Å²) >= 11 is 0. The summed E-state index contributed by atoms with van der Waals surface area (Å²) in [7, 11) is 0. The largest absolute Gasteiger partial charge is 0.494 e. The minimum atomic E-state index is -0.574. The lowest BCUT2D eigenvalue weighted by Crippen LogP contribution is -2.34. The molecule has 30 heavy (non-hydrogen) atoms. The Balaban J connectivity index is 1.93. The Kier molecular flexibility index (Phi) is 6.40. The Labute approximate surface area is 175 Å². The molecule has 0 unspecified atom stereocenters. The highest BCUT2D eigenvalue weighted by molar-refractivity contribution is 5.77. The van der Waals surface area contributed by atoms with Crippen molar-refractivity contribution in [2.75, 3.05) is 13.2 Å². The molecule has 0 saturated heterocycles. The number of nitrogens with one attached hydrogen (secondary N) is 1. The number of nitrogens with zero attached hydrogens (tertiary/aromatic N) is 2. The molecule has 0 aliphatic heterocycles. The Morgan fingerprint density at radius 3 is 2.47 bits per heavy atom. The van der Waals surface area contributed by atoms with Crippen molar-refractivity contribution in [2.45, 2.75) is 39.7 Å². The van der Waals surface area contributed by atoms with E-state index in [1.807, 2.05) is 49.4 Å². The molecular formula is C23H27N3O4. The molecular weight excluding hydrogens is 382 g/mol. The summed E-state index contributed by atoms with van der Waals surface area (Å²) in [5.74, 6) is 1.29. The van der Waals surface area contributed by atoms with Crippen LogP contribution in [0.4, 0.5) is 4.79 Å². The van der Waals surface area contributed by atoms with Gasteiger partial charge in [0.1, 0.15) is 17.2 Å². The Bertz CT molecular complexity index is 1080. The van der Waals surface area contributed by atoms with E-state index in [1.165, 1.54) is 0 Å². The summed E-state index contributed by atoms with van der Waals surface area (Å²) in [5.41, 5.74) is 0.582. The number of carbonyl (C=O) groups excluding carboxylic acids is 1. The van der Waals surface area contributed by atoms with Crippen LogP contribution in [0.2, 0.25) is 0 Å². The average Bonchev–Trinajstić information content (AvgIpc) is 2.68. The van der Waals surface area contributed by atoms with Gasteiger partial charge >= 0.3 is 6.09 Å². The number of hydrogen-bond donors (Lipinski definition) is 1. The molecule has 2 aromatic carbocycles. The van der Waals surface area contributed by atoms with Crippen molar-refractivity contribution in [2.24, 2.45) is 0 Å². The molecule has 0 atom stereocenters. The maximum Gasteiger partial charge on any atom is 0.407 e. The van der Waals surface area contributed by atoms with E-state index in [1.54, 1.807) is 31.4 Å². The van der Waals surface area contributed by atoms with E-state index in [-0.39, 0.29) is 12.1 Å². The maximum absolute atomic E-state index is 13.2. The Morgan fingerprint density at radius 2 is 1.80 bits per heavy atom. The van der Waals surface area contributed by atoms with Crippen LogP contribution in [0.25, 0.3) is 16.6 Å². The van der Waals surface area contributed by atoms with Gasteiger partial charge in [-0.1, -0.05) is 12.1 Å². The molecule has 1 N–H and O–H groups in total. The SMILES string of the molecule is CCOc1ccc(-n2c(CCNC(=O)OC(C)(C)C)nc3ccccc3c2=O)cc1. The molecule has 1 heterocycles. The van der Waals surface area contributed by atoms with Crippen LogP contribution in [0.3, 0.4) is 0 Å². The van der Waals surface area contributed by atoms with Gasteiger partial charge in [0.25, 0.3) is 5.56 Å². The highest BCUT2D eigenvalue weighted by Crippen LogP contribution is 2.17. The molecule has 7 nitrogen and oxygen atoms in total. The van der Waals surface area contributed by atoms with Crippen LogP contribution in [0, 0.1) is 0 Å². The lowest BCUT2D eigenvalue weighted by molar-refractivity contribution is 0.0528. The van der Waals surface area contributed by atoms with Crippen LogP contribution >= 0.6 is 0 Å². The van der Waals surface area contributed by atoms with Gasteiger partial charge in [-0.05, 0) is 64.1 Å². The van der Waals surface area contributed by atoms with Crippen molar-refractivity contribution in [3.63, 3.8) is 0 Å². The third kappa shape index (κ3) is 5.17. The van der Waals surface area contributed by atoms with Crippen molar-refractivity contribution in [3.05, 3.63) is 64.7 Å². The lowest BCUT2D eigenvalue weighted by Gasteiger charge is -2.20. The van der Waals surface area contributed by atoms with E-state index < -0.39 is 11.7 Å². The molecule has 0 aliphatic rings. The minimum Gasteiger partial charge on any atom is -0.494 e. The molecule has 0 bridgehead atoms. The van der Waals surface area contributed by atoms with E-state index in [0.29, 0.717) is 35.4 Å². The number of alkyl carbamates (subject to hydrolysis) is 1. The zero-order chi connectivity index (χ0) is 21.7. The summed E-state index contributed by atoms with van der Waals surface area (Å²) in [4.78, 5) is 29.9. The number of rotatable bonds is 6. The smallest absolute Gasteiger partial charge is 0.407 e. The molecule has 3 rings (SSSR count). The maximum atomic E-state index is 13.2. The first-order valence-electron chi connectivity index (χ1n) is 9.99. The zero-order valence-corrected chi connectivity index (χ0v) is 17.8. The van der Waals surface area contributed by atoms with Crippen molar-refractivity contribution in [1.29, 1.82) is 0 Å². The van der Waals surface area contributed by atoms with Crippen LogP contribution in [0.1, 0.15) is 33.5 Å². The number of benzene rings is 2. The molecule has 3 aromatic rings. The van der Waals surface area contributed by atoms with Gasteiger partial charge < -0.3 is 14.8 Å². The molecule has 0 fully saturated rings. The van der Waals surface area contributed by atoms with Crippen molar-refractivity contribution in [1.82, 2.24) is 14.9 Å². The zero-order valence-electron chi connectivity index (χ0n) is 17.8. The van der Waals surface area contributed by atoms with Crippen LogP contribution in [0.15, 0.2) is 53.3 Å². The highest BCUT2D eigenvalue weighted by Gasteiger charge is 2.17. The van der Waals surface area contributed by atoms with Gasteiger partial charge in [-0.15, -0.1) is 0 Å². The fraction of sp³-hybridized carbons (Fsp3) is 0.348. The first-order valence-corrected chi connectivity index (χ1v) is 9.99. The van der Waals surface area contributed by atoms with Gasteiger partial charge in [-0.25, -0.2) is 9.78 Å². The van der Waals surface area contributed by atoms with Gasteiger partial charge in [0.05, 0.1) is 23.2 Å². The van der Waals surface area contributed by atoms with E-state index >= 15 is 0 Å². The second-order valence-corrected chi connectivity index (χ2v) is 7.79. The summed E-state index contributed by atoms with van der Waals surface area (Å²) in [6, 6.07) is 14.5. The second-order valence-electron chi connectivity index (χ2n) is 7.79. The molecule has 7 heteroatoms. The number of para-hydroxylation sites is 1. The number of fused-ring (bicyclic) bond motifs is 1. The number of amides is 1. The molecule has 0 aliphatic carbocycles. The van der Waals surface area contributed by atoms with Crippen LogP contribution < -0.4 is 15.6 Å². The molecule has 0 saturated carbocycles. The topological polar surface area (TPSA) is 82.4 Å². The van der Waals surface area contributed by atoms with Gasteiger partial charge in [-0.2, -0.15) is 0 Å². The molecule has 0 radical (unpaired) electrons. The second kappa shape index (κ2) is 8.98. The third-order valence-electron chi connectivity index (χ3n) is 4.27. The molecule has 158 valence electrons. The van der Waals surface area contributed by atoms with Gasteiger partial charge in [-0.3, -0.25) is 9.36 Å². The van der Waals surface area contributed by atoms with Crippen molar-refractivity contribution in [3.8, 4) is 11.4 Å². The number of carbonyl (C=O) groups is 1. The van der Waals surface area contributed by atoms with Gasteiger partial charge in [0.15, 0.2) is 0 Å². The predicted octanol–water partition coefficient (Wildman–Crippen LogP) is 3.85. The summed E-state index contributed by atoms with van der Waals surface area (Å²) in [6.07, 6.45) is -0.134. The fourth-order valence-electron chi connectivity index (χ4n) is 3.06. The lowest BCUT2D eigenvalue weighted by atomic mass is 10.2. The first-order chi connectivity index (χ1) is 14.3. The quantitative estimate of drug-likeness (QED) is 0.669. The summed E-state index contributed by atoms with van der Waals surface area (Å²) in [5, 5.41) is 3.26. The molecule has 1 aromatic heterocycles. The summed E-state index contributed by atoms with van der Waals surface area (Å²) < 4.78 is 12.3. The third-order valence-corrected chi connectivity index (χ3v) is 4.27. The number of ether oxygens (including phenoxy) is 2. The number of hydrogen-bond acceptors (Lipinski definition) is 5. The van der Waals surface area contributed by atoms with E-state index in [9.17, 15) is 9.59 Å². The molecule has 1 amide bonds. The minimum absolute atomic E-state index is 0.156. The van der Waals surface area contributed by atoms with Crippen molar-refractivity contribution >= 4 is 17.0 Å². The predicted molar refractivity (Wildman–Crippen MR) is 116 cm³/mol. The van der Waals surface area contributed by atoms with Crippen LogP contribution in [0.5, 0.6) is 5.75 Å². The van der Waals surface area contributed by atoms with E-state index in [0.717, 1.165) is 5.75 Å². The van der Waals surface area contributed by atoms with Crippen LogP contribution in [-0.2, 0) is 11.2 Å². The Morgan fingerprint density at radius 1 is 1.10 bits per heavy atom. The summed E-state index contributed by atoms with van der Waals surface area (Å²) in [6.45, 7) is 8.19. The van der Waals surface area contributed by atoms with Crippen LogP contribution in [-0.4, -0.2) is 34.4 Å². The van der Waals surface area contributed by atoms with E-state index in [2.05, 4.69) is 10.3 Å². The Hall–Kier alpha value is -3.35. The van der Waals surface area contributed by atoms with Gasteiger partial charge in [0, 0.05) is 13.0 Å².